The molecule has 0 bridgehead atoms. The van der Waals surface area contributed by atoms with Crippen LogP contribution in [-0.2, 0) is 11.3 Å². The maximum absolute atomic E-state index is 13.3. The Morgan fingerprint density at radius 3 is 2.78 bits per heavy atom. The number of nitrogens with one attached hydrogen (secondary N) is 1. The summed E-state index contributed by atoms with van der Waals surface area (Å²) in [5, 5.41) is 15.8. The van der Waals surface area contributed by atoms with E-state index < -0.39 is 23.7 Å². The topological polar surface area (TPSA) is 84.2 Å². The van der Waals surface area contributed by atoms with Crippen LogP contribution in [0.2, 0.25) is 0 Å². The maximum Gasteiger partial charge on any atom is 0.330 e. The van der Waals surface area contributed by atoms with Gasteiger partial charge in [-0.15, -0.1) is 0 Å². The molecule has 0 spiro atoms. The molecule has 0 aliphatic heterocycles. The van der Waals surface area contributed by atoms with Crippen molar-refractivity contribution in [3.05, 3.63) is 53.1 Å². The molecule has 2 aromatic rings. The minimum absolute atomic E-state index is 0.171. The second-order valence-corrected chi connectivity index (χ2v) is 5.17. The average molecular weight is 319 g/mol. The second-order valence-electron chi connectivity index (χ2n) is 5.17. The lowest BCUT2D eigenvalue weighted by Crippen LogP contribution is -2.34. The molecule has 1 heterocycles. The number of aromatic nitrogens is 2. The number of carbonyl (C=O) groups excluding carboxylic acids is 1. The summed E-state index contributed by atoms with van der Waals surface area (Å²) in [5.41, 5.74) is 1.14. The van der Waals surface area contributed by atoms with Gasteiger partial charge < -0.3 is 10.4 Å². The van der Waals surface area contributed by atoms with E-state index in [2.05, 4.69) is 10.4 Å². The van der Waals surface area contributed by atoms with Gasteiger partial charge in [-0.05, 0) is 31.0 Å². The normalized spacial score (nSPS) is 12.0. The molecule has 7 heteroatoms. The van der Waals surface area contributed by atoms with E-state index in [-0.39, 0.29) is 5.56 Å². The number of hydrogen-bond acceptors (Lipinski definition) is 3. The van der Waals surface area contributed by atoms with Gasteiger partial charge in [-0.3, -0.25) is 9.48 Å². The number of aliphatic carboxylic acids is 1. The van der Waals surface area contributed by atoms with Crippen molar-refractivity contribution in [3.63, 3.8) is 0 Å². The summed E-state index contributed by atoms with van der Waals surface area (Å²) < 4.78 is 15.0. The van der Waals surface area contributed by atoms with Crippen LogP contribution in [0, 0.1) is 12.7 Å². The molecular weight excluding hydrogens is 301 g/mol. The van der Waals surface area contributed by atoms with Gasteiger partial charge >= 0.3 is 5.97 Å². The molecular formula is C16H18FN3O3. The number of carbonyl (C=O) groups is 2. The van der Waals surface area contributed by atoms with Gasteiger partial charge in [0.1, 0.15) is 5.82 Å². The molecule has 122 valence electrons. The summed E-state index contributed by atoms with van der Waals surface area (Å²) in [7, 11) is 0. The van der Waals surface area contributed by atoms with Crippen LogP contribution in [0.15, 0.2) is 30.5 Å². The Morgan fingerprint density at radius 1 is 1.43 bits per heavy atom. The molecule has 0 unspecified atom stereocenters. The van der Waals surface area contributed by atoms with Crippen LogP contribution < -0.4 is 5.32 Å². The van der Waals surface area contributed by atoms with Crippen molar-refractivity contribution >= 4 is 11.9 Å². The first-order valence-electron chi connectivity index (χ1n) is 7.25. The number of rotatable bonds is 6. The lowest BCUT2D eigenvalue weighted by molar-refractivity contribution is -0.139. The van der Waals surface area contributed by atoms with Crippen molar-refractivity contribution in [3.8, 4) is 0 Å². The Morgan fingerprint density at radius 2 is 2.17 bits per heavy atom. The number of benzene rings is 1. The summed E-state index contributed by atoms with van der Waals surface area (Å²) in [6.07, 6.45) is 2.27. The van der Waals surface area contributed by atoms with Crippen molar-refractivity contribution in [2.24, 2.45) is 0 Å². The third-order valence-corrected chi connectivity index (χ3v) is 3.49. The van der Waals surface area contributed by atoms with Crippen LogP contribution in [-0.4, -0.2) is 26.8 Å². The predicted octanol–water partition coefficient (Wildman–Crippen LogP) is 2.30. The van der Waals surface area contributed by atoms with Crippen LogP contribution in [0.4, 0.5) is 4.39 Å². The molecule has 1 aromatic heterocycles. The molecule has 1 amide bonds. The zero-order valence-corrected chi connectivity index (χ0v) is 12.9. The Bertz CT molecular complexity index is 727. The van der Waals surface area contributed by atoms with Crippen molar-refractivity contribution in [1.29, 1.82) is 0 Å². The fourth-order valence-electron chi connectivity index (χ4n) is 2.29. The monoisotopic (exact) mass is 319 g/mol. The van der Waals surface area contributed by atoms with E-state index >= 15 is 0 Å². The average Bonchev–Trinajstić information content (AvgIpc) is 2.86. The van der Waals surface area contributed by atoms with Crippen LogP contribution in [0.3, 0.4) is 0 Å². The highest BCUT2D eigenvalue weighted by molar-refractivity contribution is 5.97. The van der Waals surface area contributed by atoms with E-state index in [9.17, 15) is 19.1 Å². The van der Waals surface area contributed by atoms with E-state index in [1.54, 1.807) is 11.6 Å². The Hall–Kier alpha value is -2.70. The molecule has 1 aromatic carbocycles. The summed E-state index contributed by atoms with van der Waals surface area (Å²) in [5.74, 6) is -2.38. The molecule has 0 aliphatic carbocycles. The molecule has 0 saturated carbocycles. The SMILES string of the molecule is CCCn1ncc(C(=O)N[C@@H](C(=O)O)c2cccc(F)c2)c1C. The van der Waals surface area contributed by atoms with Gasteiger partial charge in [-0.1, -0.05) is 19.1 Å². The number of nitrogens with zero attached hydrogens (tertiary/aromatic N) is 2. The van der Waals surface area contributed by atoms with E-state index in [4.69, 9.17) is 0 Å². The zero-order valence-electron chi connectivity index (χ0n) is 12.9. The molecule has 0 aliphatic rings. The highest BCUT2D eigenvalue weighted by atomic mass is 19.1. The van der Waals surface area contributed by atoms with Crippen LogP contribution in [0.1, 0.15) is 41.0 Å². The maximum atomic E-state index is 13.3. The number of carboxylic acids is 1. The molecule has 2 N–H and O–H groups in total. The molecule has 23 heavy (non-hydrogen) atoms. The second kappa shape index (κ2) is 7.04. The third-order valence-electron chi connectivity index (χ3n) is 3.49. The molecule has 1 atom stereocenters. The van der Waals surface area contributed by atoms with E-state index in [1.807, 2.05) is 6.92 Å². The van der Waals surface area contributed by atoms with Gasteiger partial charge in [-0.2, -0.15) is 5.10 Å². The first kappa shape index (κ1) is 16.7. The molecule has 0 radical (unpaired) electrons. The molecule has 0 saturated heterocycles. The molecule has 2 rings (SSSR count). The predicted molar refractivity (Wildman–Crippen MR) is 81.5 cm³/mol. The quantitative estimate of drug-likeness (QED) is 0.855. The van der Waals surface area contributed by atoms with Crippen molar-refractivity contribution in [2.75, 3.05) is 0 Å². The third kappa shape index (κ3) is 3.74. The van der Waals surface area contributed by atoms with Crippen molar-refractivity contribution in [1.82, 2.24) is 15.1 Å². The highest BCUT2D eigenvalue weighted by Crippen LogP contribution is 2.16. The largest absolute Gasteiger partial charge is 0.479 e. The standard InChI is InChI=1S/C16H18FN3O3/c1-3-7-20-10(2)13(9-18-20)15(21)19-14(16(22)23)11-5-4-6-12(17)8-11/h4-6,8-9,14H,3,7H2,1-2H3,(H,19,21)(H,22,23)/t14-/m1/s1. The smallest absolute Gasteiger partial charge is 0.330 e. The van der Waals surface area contributed by atoms with Crippen molar-refractivity contribution < 1.29 is 19.1 Å². The summed E-state index contributed by atoms with van der Waals surface area (Å²) in [4.78, 5) is 23.7. The fourth-order valence-corrected chi connectivity index (χ4v) is 2.29. The van der Waals surface area contributed by atoms with Crippen LogP contribution >= 0.6 is 0 Å². The Labute approximate surface area is 132 Å². The molecule has 0 fully saturated rings. The number of carboxylic acid groups (broad SMARTS) is 1. The van der Waals surface area contributed by atoms with Gasteiger partial charge in [-0.25, -0.2) is 9.18 Å². The van der Waals surface area contributed by atoms with E-state index in [1.165, 1.54) is 24.4 Å². The van der Waals surface area contributed by atoms with Gasteiger partial charge in [0.25, 0.3) is 5.91 Å². The number of amides is 1. The minimum atomic E-state index is -1.33. The zero-order chi connectivity index (χ0) is 17.0. The van der Waals surface area contributed by atoms with E-state index in [0.29, 0.717) is 17.8 Å². The number of halogens is 1. The lowest BCUT2D eigenvalue weighted by Gasteiger charge is -2.15. The highest BCUT2D eigenvalue weighted by Gasteiger charge is 2.24. The van der Waals surface area contributed by atoms with Crippen LogP contribution in [0.25, 0.3) is 0 Å². The van der Waals surface area contributed by atoms with Gasteiger partial charge in [0, 0.05) is 12.2 Å². The van der Waals surface area contributed by atoms with Crippen LogP contribution in [0.5, 0.6) is 0 Å². The molecule has 6 nitrogen and oxygen atoms in total. The van der Waals surface area contributed by atoms with Gasteiger partial charge in [0.15, 0.2) is 6.04 Å². The summed E-state index contributed by atoms with van der Waals surface area (Å²) in [6.45, 7) is 4.41. The van der Waals surface area contributed by atoms with Gasteiger partial charge in [0.05, 0.1) is 11.8 Å². The fraction of sp³-hybridized carbons (Fsp3) is 0.312. The first-order valence-corrected chi connectivity index (χ1v) is 7.25. The van der Waals surface area contributed by atoms with Gasteiger partial charge in [0.2, 0.25) is 0 Å². The number of hydrogen-bond donors (Lipinski definition) is 2. The summed E-state index contributed by atoms with van der Waals surface area (Å²) >= 11 is 0. The summed E-state index contributed by atoms with van der Waals surface area (Å²) in [6, 6.07) is 3.83. The Balaban J connectivity index is 2.24. The Kier molecular flexibility index (Phi) is 5.10. The minimum Gasteiger partial charge on any atom is -0.479 e. The van der Waals surface area contributed by atoms with Crippen molar-refractivity contribution in [2.45, 2.75) is 32.9 Å². The lowest BCUT2D eigenvalue weighted by atomic mass is 10.1. The van der Waals surface area contributed by atoms with E-state index in [0.717, 1.165) is 12.5 Å². The first-order chi connectivity index (χ1) is 10.9. The number of aryl methyl sites for hydroxylation is 1.